The summed E-state index contributed by atoms with van der Waals surface area (Å²) >= 11 is 0. The van der Waals surface area contributed by atoms with Crippen LogP contribution in [-0.4, -0.2) is 12.1 Å². The van der Waals surface area contributed by atoms with Gasteiger partial charge in [0, 0.05) is 12.1 Å². The van der Waals surface area contributed by atoms with Gasteiger partial charge in [0.1, 0.15) is 5.75 Å². The Labute approximate surface area is 117 Å². The van der Waals surface area contributed by atoms with Gasteiger partial charge in [0.05, 0.1) is 6.61 Å². The molecule has 0 radical (unpaired) electrons. The maximum Gasteiger partial charge on any atom is 0.119 e. The van der Waals surface area contributed by atoms with Gasteiger partial charge in [-0.05, 0) is 43.9 Å². The summed E-state index contributed by atoms with van der Waals surface area (Å²) in [6, 6.07) is 8.50. The van der Waals surface area contributed by atoms with E-state index in [1.807, 2.05) is 0 Å². The smallest absolute Gasteiger partial charge is 0.119 e. The van der Waals surface area contributed by atoms with E-state index in [4.69, 9.17) is 4.74 Å². The second kappa shape index (κ2) is 6.95. The molecule has 1 aliphatic carbocycles. The van der Waals surface area contributed by atoms with Crippen LogP contribution in [0.15, 0.2) is 24.3 Å². The first-order valence-electron chi connectivity index (χ1n) is 7.69. The Bertz CT molecular complexity index is 365. The summed E-state index contributed by atoms with van der Waals surface area (Å²) in [5.41, 5.74) is 1.69. The lowest BCUT2D eigenvalue weighted by Gasteiger charge is -2.34. The van der Waals surface area contributed by atoms with E-state index in [0.717, 1.165) is 25.3 Å². The highest BCUT2D eigenvalue weighted by molar-refractivity contribution is 5.27. The van der Waals surface area contributed by atoms with E-state index >= 15 is 0 Å². The molecule has 0 heterocycles. The van der Waals surface area contributed by atoms with Crippen LogP contribution >= 0.6 is 0 Å². The zero-order valence-corrected chi connectivity index (χ0v) is 12.4. The highest BCUT2D eigenvalue weighted by atomic mass is 16.5. The Hall–Kier alpha value is -1.02. The Kier molecular flexibility index (Phi) is 5.26. The number of hydrogen-bond donors (Lipinski definition) is 1. The molecule has 0 aliphatic heterocycles. The minimum atomic E-state index is 0.343. The normalized spacial score (nSPS) is 18.2. The molecule has 0 amide bonds. The van der Waals surface area contributed by atoms with E-state index in [1.54, 1.807) is 0 Å². The van der Waals surface area contributed by atoms with Gasteiger partial charge in [0.15, 0.2) is 0 Å². The van der Waals surface area contributed by atoms with E-state index in [9.17, 15) is 0 Å². The first-order valence-corrected chi connectivity index (χ1v) is 7.69. The van der Waals surface area contributed by atoms with Gasteiger partial charge in [-0.15, -0.1) is 0 Å². The lowest BCUT2D eigenvalue weighted by Crippen LogP contribution is -2.43. The second-order valence-electron chi connectivity index (χ2n) is 5.97. The number of ether oxygens (including phenoxy) is 1. The van der Waals surface area contributed by atoms with Gasteiger partial charge < -0.3 is 10.1 Å². The van der Waals surface area contributed by atoms with Crippen molar-refractivity contribution in [3.05, 3.63) is 29.8 Å². The predicted octanol–water partition coefficient (Wildman–Crippen LogP) is 4.29. The molecule has 19 heavy (non-hydrogen) atoms. The summed E-state index contributed by atoms with van der Waals surface area (Å²) in [5.74, 6) is 0.981. The molecule has 0 saturated heterocycles. The van der Waals surface area contributed by atoms with Crippen molar-refractivity contribution in [2.45, 2.75) is 64.5 Å². The Balaban J connectivity index is 1.82. The molecule has 2 nitrogen and oxygen atoms in total. The van der Waals surface area contributed by atoms with Crippen molar-refractivity contribution in [1.29, 1.82) is 0 Å². The first-order chi connectivity index (χ1) is 9.22. The van der Waals surface area contributed by atoms with Crippen molar-refractivity contribution in [1.82, 2.24) is 5.32 Å². The third-order valence-electron chi connectivity index (χ3n) is 4.07. The van der Waals surface area contributed by atoms with E-state index in [-0.39, 0.29) is 0 Å². The summed E-state index contributed by atoms with van der Waals surface area (Å²) in [4.78, 5) is 0. The number of hydrogen-bond acceptors (Lipinski definition) is 2. The Morgan fingerprint density at radius 3 is 2.42 bits per heavy atom. The number of benzene rings is 1. The summed E-state index contributed by atoms with van der Waals surface area (Å²) < 4.78 is 5.60. The maximum atomic E-state index is 5.60. The average molecular weight is 261 g/mol. The van der Waals surface area contributed by atoms with Crippen LogP contribution in [0.1, 0.15) is 57.9 Å². The minimum Gasteiger partial charge on any atom is -0.494 e. The molecule has 1 aromatic carbocycles. The van der Waals surface area contributed by atoms with Crippen molar-refractivity contribution in [2.75, 3.05) is 6.61 Å². The van der Waals surface area contributed by atoms with Gasteiger partial charge >= 0.3 is 0 Å². The quantitative estimate of drug-likeness (QED) is 0.825. The van der Waals surface area contributed by atoms with Crippen LogP contribution in [-0.2, 0) is 6.54 Å². The first kappa shape index (κ1) is 14.4. The third-order valence-corrected chi connectivity index (χ3v) is 4.07. The van der Waals surface area contributed by atoms with Crippen molar-refractivity contribution >= 4 is 0 Å². The van der Waals surface area contributed by atoms with Crippen LogP contribution in [0.5, 0.6) is 5.75 Å². The average Bonchev–Trinajstić information content (AvgIpc) is 2.45. The van der Waals surface area contributed by atoms with E-state index in [2.05, 4.69) is 43.4 Å². The van der Waals surface area contributed by atoms with E-state index in [1.165, 1.54) is 37.7 Å². The molecule has 1 fully saturated rings. The molecule has 2 rings (SSSR count). The molecule has 0 unspecified atom stereocenters. The predicted molar refractivity (Wildman–Crippen MR) is 80.6 cm³/mol. The fourth-order valence-corrected chi connectivity index (χ4v) is 2.75. The van der Waals surface area contributed by atoms with Crippen molar-refractivity contribution in [3.8, 4) is 5.75 Å². The van der Waals surface area contributed by atoms with Crippen molar-refractivity contribution < 1.29 is 4.74 Å². The van der Waals surface area contributed by atoms with Gasteiger partial charge in [0.25, 0.3) is 0 Å². The van der Waals surface area contributed by atoms with Crippen LogP contribution in [0.2, 0.25) is 0 Å². The summed E-state index contributed by atoms with van der Waals surface area (Å²) in [6.45, 7) is 6.26. The van der Waals surface area contributed by atoms with Gasteiger partial charge in [0.2, 0.25) is 0 Å². The molecule has 2 heteroatoms. The summed E-state index contributed by atoms with van der Waals surface area (Å²) in [6.07, 6.45) is 7.82. The topological polar surface area (TPSA) is 21.3 Å². The molecule has 0 aromatic heterocycles. The standard InChI is InChI=1S/C17H27NO/c1-3-13-19-16-9-7-15(8-10-16)14-18-17(2)11-5-4-6-12-17/h7-10,18H,3-6,11-14H2,1-2H3. The fraction of sp³-hybridized carbons (Fsp3) is 0.647. The molecule has 106 valence electrons. The van der Waals surface area contributed by atoms with Gasteiger partial charge in [-0.2, -0.15) is 0 Å². The molecule has 1 saturated carbocycles. The molecule has 0 atom stereocenters. The molecular weight excluding hydrogens is 234 g/mol. The largest absolute Gasteiger partial charge is 0.494 e. The van der Waals surface area contributed by atoms with E-state index < -0.39 is 0 Å². The number of nitrogens with one attached hydrogen (secondary N) is 1. The zero-order valence-electron chi connectivity index (χ0n) is 12.4. The second-order valence-corrected chi connectivity index (χ2v) is 5.97. The highest BCUT2D eigenvalue weighted by Crippen LogP contribution is 2.27. The lowest BCUT2D eigenvalue weighted by molar-refractivity contribution is 0.252. The maximum absolute atomic E-state index is 5.60. The molecule has 0 bridgehead atoms. The number of rotatable bonds is 6. The van der Waals surface area contributed by atoms with Crippen molar-refractivity contribution in [3.63, 3.8) is 0 Å². The van der Waals surface area contributed by atoms with Crippen LogP contribution in [0.4, 0.5) is 0 Å². The molecule has 1 aliphatic rings. The van der Waals surface area contributed by atoms with Crippen LogP contribution < -0.4 is 10.1 Å². The van der Waals surface area contributed by atoms with Crippen molar-refractivity contribution in [2.24, 2.45) is 0 Å². The minimum absolute atomic E-state index is 0.343. The third kappa shape index (κ3) is 4.54. The lowest BCUT2D eigenvalue weighted by atomic mass is 9.83. The Morgan fingerprint density at radius 1 is 1.11 bits per heavy atom. The Morgan fingerprint density at radius 2 is 1.79 bits per heavy atom. The van der Waals surface area contributed by atoms with Crippen LogP contribution in [0.3, 0.4) is 0 Å². The van der Waals surface area contributed by atoms with E-state index in [0.29, 0.717) is 5.54 Å². The monoisotopic (exact) mass is 261 g/mol. The molecule has 0 spiro atoms. The van der Waals surface area contributed by atoms with Crippen LogP contribution in [0.25, 0.3) is 0 Å². The van der Waals surface area contributed by atoms with Gasteiger partial charge in [-0.25, -0.2) is 0 Å². The fourth-order valence-electron chi connectivity index (χ4n) is 2.75. The molecular formula is C17H27NO. The SMILES string of the molecule is CCCOc1ccc(CNC2(C)CCCCC2)cc1. The van der Waals surface area contributed by atoms with Crippen LogP contribution in [0, 0.1) is 0 Å². The summed E-state index contributed by atoms with van der Waals surface area (Å²) in [7, 11) is 0. The van der Waals surface area contributed by atoms with Gasteiger partial charge in [-0.3, -0.25) is 0 Å². The molecule has 1 aromatic rings. The highest BCUT2D eigenvalue weighted by Gasteiger charge is 2.25. The van der Waals surface area contributed by atoms with Gasteiger partial charge in [-0.1, -0.05) is 38.3 Å². The zero-order chi connectivity index (χ0) is 13.6. The molecule has 1 N–H and O–H groups in total. The summed E-state index contributed by atoms with van der Waals surface area (Å²) in [5, 5.41) is 3.74.